The SMILES string of the molecule is CN(c1ccc(F)c(F)c1)c1cc(F)c(F)cc1F. The first-order valence-electron chi connectivity index (χ1n) is 5.23. The minimum absolute atomic E-state index is 0.101. The van der Waals surface area contributed by atoms with Crippen LogP contribution in [0.15, 0.2) is 30.3 Å². The molecule has 0 atom stereocenters. The lowest BCUT2D eigenvalue weighted by Crippen LogP contribution is -2.12. The molecule has 0 aromatic heterocycles. The molecule has 0 spiro atoms. The van der Waals surface area contributed by atoms with Gasteiger partial charge >= 0.3 is 0 Å². The van der Waals surface area contributed by atoms with Gasteiger partial charge in [-0.2, -0.15) is 0 Å². The molecule has 2 aromatic rings. The lowest BCUT2D eigenvalue weighted by molar-refractivity contribution is 0.495. The predicted octanol–water partition coefficient (Wildman–Crippen LogP) is 4.15. The molecule has 0 unspecified atom stereocenters. The van der Waals surface area contributed by atoms with Crippen LogP contribution in [0.3, 0.4) is 0 Å². The summed E-state index contributed by atoms with van der Waals surface area (Å²) in [5.74, 6) is -5.73. The van der Waals surface area contributed by atoms with Gasteiger partial charge in [-0.05, 0) is 12.1 Å². The van der Waals surface area contributed by atoms with Crippen molar-refractivity contribution in [2.45, 2.75) is 0 Å². The van der Waals surface area contributed by atoms with Gasteiger partial charge in [0.25, 0.3) is 0 Å². The fourth-order valence-electron chi connectivity index (χ4n) is 1.60. The van der Waals surface area contributed by atoms with E-state index in [2.05, 4.69) is 0 Å². The molecule has 6 heteroatoms. The van der Waals surface area contributed by atoms with Gasteiger partial charge in [0, 0.05) is 30.9 Å². The van der Waals surface area contributed by atoms with Crippen molar-refractivity contribution in [1.29, 1.82) is 0 Å². The molecule has 0 bridgehead atoms. The van der Waals surface area contributed by atoms with E-state index in [1.54, 1.807) is 0 Å². The Morgan fingerprint density at radius 1 is 0.684 bits per heavy atom. The van der Waals surface area contributed by atoms with Gasteiger partial charge in [-0.15, -0.1) is 0 Å². The van der Waals surface area contributed by atoms with E-state index in [4.69, 9.17) is 0 Å². The molecule has 0 saturated heterocycles. The number of benzene rings is 2. The molecule has 0 heterocycles. The molecular weight excluding hydrogens is 265 g/mol. The van der Waals surface area contributed by atoms with Crippen molar-refractivity contribution >= 4 is 11.4 Å². The summed E-state index contributed by atoms with van der Waals surface area (Å²) in [5, 5.41) is 0. The summed E-state index contributed by atoms with van der Waals surface area (Å²) >= 11 is 0. The van der Waals surface area contributed by atoms with Crippen LogP contribution in [-0.4, -0.2) is 7.05 Å². The van der Waals surface area contributed by atoms with Crippen LogP contribution in [0, 0.1) is 29.1 Å². The maximum atomic E-state index is 13.5. The zero-order valence-corrected chi connectivity index (χ0v) is 9.72. The summed E-state index contributed by atoms with van der Waals surface area (Å²) in [4.78, 5) is 1.08. The zero-order chi connectivity index (χ0) is 14.2. The Kier molecular flexibility index (Phi) is 3.42. The monoisotopic (exact) mass is 273 g/mol. The molecule has 0 radical (unpaired) electrons. The Balaban J connectivity index is 2.46. The van der Waals surface area contributed by atoms with Gasteiger partial charge < -0.3 is 4.90 Å². The highest BCUT2D eigenvalue weighted by molar-refractivity contribution is 5.63. The number of anilines is 2. The van der Waals surface area contributed by atoms with Gasteiger partial charge in [0.2, 0.25) is 0 Å². The predicted molar refractivity (Wildman–Crippen MR) is 60.7 cm³/mol. The Morgan fingerprint density at radius 2 is 1.26 bits per heavy atom. The van der Waals surface area contributed by atoms with E-state index in [1.165, 1.54) is 13.1 Å². The first kappa shape index (κ1) is 13.3. The molecule has 0 aliphatic heterocycles. The van der Waals surface area contributed by atoms with Gasteiger partial charge in [0.15, 0.2) is 23.3 Å². The molecule has 19 heavy (non-hydrogen) atoms. The fourth-order valence-corrected chi connectivity index (χ4v) is 1.60. The summed E-state index contributed by atoms with van der Waals surface area (Å²) in [6, 6.07) is 3.92. The first-order chi connectivity index (χ1) is 8.90. The summed E-state index contributed by atoms with van der Waals surface area (Å²) in [7, 11) is 1.32. The minimum Gasteiger partial charge on any atom is -0.342 e. The first-order valence-corrected chi connectivity index (χ1v) is 5.23. The van der Waals surface area contributed by atoms with Gasteiger partial charge in [-0.1, -0.05) is 0 Å². The largest absolute Gasteiger partial charge is 0.342 e. The number of hydrogen-bond donors (Lipinski definition) is 0. The third-order valence-corrected chi connectivity index (χ3v) is 2.64. The molecule has 0 fully saturated rings. The van der Waals surface area contributed by atoms with Crippen LogP contribution in [0.2, 0.25) is 0 Å². The molecular formula is C13H8F5N. The van der Waals surface area contributed by atoms with Crippen LogP contribution in [0.1, 0.15) is 0 Å². The molecule has 2 aromatic carbocycles. The van der Waals surface area contributed by atoms with E-state index >= 15 is 0 Å². The lowest BCUT2D eigenvalue weighted by Gasteiger charge is -2.20. The fraction of sp³-hybridized carbons (Fsp3) is 0.0769. The van der Waals surface area contributed by atoms with E-state index < -0.39 is 29.1 Å². The van der Waals surface area contributed by atoms with Crippen molar-refractivity contribution < 1.29 is 22.0 Å². The third kappa shape index (κ3) is 2.52. The maximum Gasteiger partial charge on any atom is 0.161 e. The van der Waals surface area contributed by atoms with Crippen molar-refractivity contribution in [1.82, 2.24) is 0 Å². The number of hydrogen-bond acceptors (Lipinski definition) is 1. The van der Waals surface area contributed by atoms with Crippen molar-refractivity contribution in [3.05, 3.63) is 59.4 Å². The zero-order valence-electron chi connectivity index (χ0n) is 9.72. The van der Waals surface area contributed by atoms with Gasteiger partial charge in [-0.3, -0.25) is 0 Å². The van der Waals surface area contributed by atoms with Crippen LogP contribution >= 0.6 is 0 Å². The highest BCUT2D eigenvalue weighted by Crippen LogP contribution is 2.28. The van der Waals surface area contributed by atoms with E-state index in [-0.39, 0.29) is 11.4 Å². The molecule has 1 nitrogen and oxygen atoms in total. The van der Waals surface area contributed by atoms with Crippen molar-refractivity contribution in [2.75, 3.05) is 11.9 Å². The minimum atomic E-state index is -1.32. The second kappa shape index (κ2) is 4.87. The molecule has 0 N–H and O–H groups in total. The Morgan fingerprint density at radius 3 is 1.89 bits per heavy atom. The van der Waals surface area contributed by atoms with Crippen LogP contribution in [-0.2, 0) is 0 Å². The van der Waals surface area contributed by atoms with Crippen LogP contribution in [0.5, 0.6) is 0 Å². The number of rotatable bonds is 2. The van der Waals surface area contributed by atoms with Gasteiger partial charge in [0.05, 0.1) is 5.69 Å². The third-order valence-electron chi connectivity index (χ3n) is 2.64. The molecule has 100 valence electrons. The summed E-state index contributed by atoms with van der Waals surface area (Å²) in [5.41, 5.74) is -0.186. The van der Waals surface area contributed by atoms with Gasteiger partial charge in [0.1, 0.15) is 5.82 Å². The molecule has 0 saturated carbocycles. The smallest absolute Gasteiger partial charge is 0.161 e. The second-order valence-corrected chi connectivity index (χ2v) is 3.88. The van der Waals surface area contributed by atoms with Crippen LogP contribution < -0.4 is 4.90 Å². The van der Waals surface area contributed by atoms with E-state index in [0.717, 1.165) is 17.0 Å². The molecule has 2 rings (SSSR count). The maximum absolute atomic E-state index is 13.5. The average Bonchev–Trinajstić information content (AvgIpc) is 2.36. The normalized spacial score (nSPS) is 10.6. The summed E-state index contributed by atoms with van der Waals surface area (Å²) in [6.07, 6.45) is 0. The van der Waals surface area contributed by atoms with E-state index in [1.807, 2.05) is 0 Å². The van der Waals surface area contributed by atoms with Crippen molar-refractivity contribution in [3.8, 4) is 0 Å². The van der Waals surface area contributed by atoms with Crippen molar-refractivity contribution in [3.63, 3.8) is 0 Å². The van der Waals surface area contributed by atoms with E-state index in [0.29, 0.717) is 12.1 Å². The van der Waals surface area contributed by atoms with Gasteiger partial charge in [-0.25, -0.2) is 22.0 Å². The Bertz CT molecular complexity index is 627. The quantitative estimate of drug-likeness (QED) is 0.587. The Hall–Kier alpha value is -2.11. The average molecular weight is 273 g/mol. The number of nitrogens with zero attached hydrogens (tertiary/aromatic N) is 1. The summed E-state index contributed by atoms with van der Waals surface area (Å²) < 4.78 is 65.3. The highest BCUT2D eigenvalue weighted by atomic mass is 19.2. The lowest BCUT2D eigenvalue weighted by atomic mass is 10.2. The molecule has 0 aliphatic rings. The standard InChI is InChI=1S/C13H8F5N/c1-19(7-2-3-8(14)9(15)4-7)13-6-11(17)10(16)5-12(13)18/h2-6H,1H3. The van der Waals surface area contributed by atoms with Crippen LogP contribution in [0.25, 0.3) is 0 Å². The van der Waals surface area contributed by atoms with E-state index in [9.17, 15) is 22.0 Å². The highest BCUT2D eigenvalue weighted by Gasteiger charge is 2.15. The topological polar surface area (TPSA) is 3.24 Å². The second-order valence-electron chi connectivity index (χ2n) is 3.88. The van der Waals surface area contributed by atoms with Crippen LogP contribution in [0.4, 0.5) is 33.3 Å². The number of halogens is 5. The molecule has 0 aliphatic carbocycles. The summed E-state index contributed by atoms with van der Waals surface area (Å²) in [6.45, 7) is 0. The Labute approximate surface area is 105 Å². The molecule has 0 amide bonds. The van der Waals surface area contributed by atoms with Crippen molar-refractivity contribution in [2.24, 2.45) is 0 Å².